The molecule has 3 aromatic rings. The highest BCUT2D eigenvalue weighted by Crippen LogP contribution is 2.28. The lowest BCUT2D eigenvalue weighted by molar-refractivity contribution is 0.414. The highest BCUT2D eigenvalue weighted by Gasteiger charge is 2.10. The number of rotatable bonds is 5. The van der Waals surface area contributed by atoms with Crippen molar-refractivity contribution < 1.29 is 4.74 Å². The molecule has 114 valence electrons. The van der Waals surface area contributed by atoms with E-state index in [9.17, 15) is 0 Å². The first-order valence-electron chi connectivity index (χ1n) is 7.79. The molecule has 0 radical (unpaired) electrons. The molecule has 1 atom stereocenters. The van der Waals surface area contributed by atoms with Gasteiger partial charge in [0.05, 0.1) is 7.11 Å². The highest BCUT2D eigenvalue weighted by atomic mass is 16.5. The quantitative estimate of drug-likeness (QED) is 0.601. The van der Waals surface area contributed by atoms with E-state index in [4.69, 9.17) is 4.74 Å². The largest absolute Gasteiger partial charge is 0.497 e. The van der Waals surface area contributed by atoms with Crippen LogP contribution >= 0.6 is 0 Å². The predicted molar refractivity (Wildman–Crippen MR) is 96.8 cm³/mol. The molecular weight excluding hydrogens is 280 g/mol. The van der Waals surface area contributed by atoms with Crippen molar-refractivity contribution in [2.24, 2.45) is 0 Å². The van der Waals surface area contributed by atoms with Gasteiger partial charge in [-0.15, -0.1) is 0 Å². The molecule has 3 rings (SSSR count). The summed E-state index contributed by atoms with van der Waals surface area (Å²) in [5, 5.41) is 0. The molecule has 0 heterocycles. The van der Waals surface area contributed by atoms with Crippen LogP contribution in [0.3, 0.4) is 0 Å². The minimum atomic E-state index is 0.224. The van der Waals surface area contributed by atoms with Gasteiger partial charge < -0.3 is 4.74 Å². The molecule has 0 bridgehead atoms. The average molecular weight is 300 g/mol. The summed E-state index contributed by atoms with van der Waals surface area (Å²) in [6, 6.07) is 29.2. The second-order valence-electron chi connectivity index (χ2n) is 5.43. The van der Waals surface area contributed by atoms with Crippen molar-refractivity contribution >= 4 is 6.08 Å². The van der Waals surface area contributed by atoms with E-state index in [0.717, 1.165) is 5.75 Å². The lowest BCUT2D eigenvalue weighted by atomic mass is 9.90. The van der Waals surface area contributed by atoms with Crippen molar-refractivity contribution in [1.82, 2.24) is 0 Å². The minimum Gasteiger partial charge on any atom is -0.497 e. The van der Waals surface area contributed by atoms with Crippen LogP contribution in [0.15, 0.2) is 91.0 Å². The van der Waals surface area contributed by atoms with Gasteiger partial charge in [-0.3, -0.25) is 0 Å². The van der Waals surface area contributed by atoms with E-state index in [2.05, 4.69) is 78.9 Å². The molecule has 1 nitrogen and oxygen atoms in total. The van der Waals surface area contributed by atoms with Gasteiger partial charge in [0.25, 0.3) is 0 Å². The standard InChI is InChI=1S/C22H20O/c1-23-21-15-13-20(14-16-21)22(19-10-6-3-7-11-19)17-12-18-8-4-2-5-9-18/h2-17,22H,1H3/b17-12+. The van der Waals surface area contributed by atoms with Crippen LogP contribution in [0.1, 0.15) is 22.6 Å². The Morgan fingerprint density at radius 1 is 0.696 bits per heavy atom. The van der Waals surface area contributed by atoms with Crippen LogP contribution < -0.4 is 4.74 Å². The first kappa shape index (κ1) is 15.1. The Kier molecular flexibility index (Phi) is 4.90. The fourth-order valence-electron chi connectivity index (χ4n) is 2.66. The first-order chi connectivity index (χ1) is 11.4. The summed E-state index contributed by atoms with van der Waals surface area (Å²) < 4.78 is 5.27. The maximum atomic E-state index is 5.27. The molecule has 0 aliphatic carbocycles. The van der Waals surface area contributed by atoms with Crippen molar-refractivity contribution in [1.29, 1.82) is 0 Å². The zero-order chi connectivity index (χ0) is 15.9. The summed E-state index contributed by atoms with van der Waals surface area (Å²) in [6.45, 7) is 0. The maximum Gasteiger partial charge on any atom is 0.118 e. The molecule has 0 amide bonds. The van der Waals surface area contributed by atoms with E-state index >= 15 is 0 Å². The molecule has 23 heavy (non-hydrogen) atoms. The Labute approximate surface area is 137 Å². The zero-order valence-electron chi connectivity index (χ0n) is 13.2. The van der Waals surface area contributed by atoms with Gasteiger partial charge in [0.15, 0.2) is 0 Å². The molecule has 0 saturated carbocycles. The van der Waals surface area contributed by atoms with E-state index in [1.54, 1.807) is 7.11 Å². The van der Waals surface area contributed by atoms with Crippen LogP contribution in [0.2, 0.25) is 0 Å². The van der Waals surface area contributed by atoms with Gasteiger partial charge >= 0.3 is 0 Å². The number of methoxy groups -OCH3 is 1. The Morgan fingerprint density at radius 2 is 1.26 bits per heavy atom. The topological polar surface area (TPSA) is 9.23 Å². The smallest absolute Gasteiger partial charge is 0.118 e. The van der Waals surface area contributed by atoms with E-state index in [1.807, 2.05) is 18.2 Å². The van der Waals surface area contributed by atoms with Crippen molar-refractivity contribution in [2.75, 3.05) is 7.11 Å². The molecule has 0 aliphatic rings. The van der Waals surface area contributed by atoms with Crippen molar-refractivity contribution in [3.05, 3.63) is 108 Å². The normalized spacial score (nSPS) is 12.2. The molecule has 0 aliphatic heterocycles. The molecule has 0 saturated heterocycles. The van der Waals surface area contributed by atoms with Gasteiger partial charge in [0.1, 0.15) is 5.75 Å². The zero-order valence-corrected chi connectivity index (χ0v) is 13.2. The monoisotopic (exact) mass is 300 g/mol. The number of allylic oxidation sites excluding steroid dienone is 1. The third kappa shape index (κ3) is 3.89. The number of hydrogen-bond acceptors (Lipinski definition) is 1. The van der Waals surface area contributed by atoms with Crippen LogP contribution in [0.4, 0.5) is 0 Å². The van der Waals surface area contributed by atoms with Crippen LogP contribution in [0.25, 0.3) is 6.08 Å². The molecule has 0 aromatic heterocycles. The third-order valence-corrected chi connectivity index (χ3v) is 3.91. The fourth-order valence-corrected chi connectivity index (χ4v) is 2.66. The van der Waals surface area contributed by atoms with Crippen LogP contribution in [-0.2, 0) is 0 Å². The Morgan fingerprint density at radius 3 is 1.87 bits per heavy atom. The van der Waals surface area contributed by atoms with Crippen molar-refractivity contribution in [2.45, 2.75) is 5.92 Å². The highest BCUT2D eigenvalue weighted by molar-refractivity contribution is 5.53. The van der Waals surface area contributed by atoms with Gasteiger partial charge in [0, 0.05) is 5.92 Å². The van der Waals surface area contributed by atoms with Gasteiger partial charge in [-0.05, 0) is 28.8 Å². The summed E-state index contributed by atoms with van der Waals surface area (Å²) in [4.78, 5) is 0. The fraction of sp³-hybridized carbons (Fsp3) is 0.0909. The molecule has 0 fully saturated rings. The first-order valence-corrected chi connectivity index (χ1v) is 7.79. The SMILES string of the molecule is COc1ccc(C(/C=C/c2ccccc2)c2ccccc2)cc1. The van der Waals surface area contributed by atoms with Crippen LogP contribution in [0, 0.1) is 0 Å². The molecule has 3 aromatic carbocycles. The van der Waals surface area contributed by atoms with Crippen LogP contribution in [-0.4, -0.2) is 7.11 Å². The summed E-state index contributed by atoms with van der Waals surface area (Å²) in [5.41, 5.74) is 3.75. The summed E-state index contributed by atoms with van der Waals surface area (Å²) >= 11 is 0. The van der Waals surface area contributed by atoms with Crippen molar-refractivity contribution in [3.8, 4) is 5.75 Å². The summed E-state index contributed by atoms with van der Waals surface area (Å²) in [6.07, 6.45) is 4.44. The Bertz CT molecular complexity index is 743. The minimum absolute atomic E-state index is 0.224. The van der Waals surface area contributed by atoms with Gasteiger partial charge in [-0.25, -0.2) is 0 Å². The van der Waals surface area contributed by atoms with E-state index in [1.165, 1.54) is 16.7 Å². The predicted octanol–water partition coefficient (Wildman–Crippen LogP) is 5.54. The van der Waals surface area contributed by atoms with Gasteiger partial charge in [-0.2, -0.15) is 0 Å². The number of ether oxygens (including phenoxy) is 1. The van der Waals surface area contributed by atoms with Gasteiger partial charge in [-0.1, -0.05) is 84.9 Å². The van der Waals surface area contributed by atoms with E-state index in [0.29, 0.717) is 0 Å². The average Bonchev–Trinajstić information content (AvgIpc) is 2.64. The molecular formula is C22H20O. The van der Waals surface area contributed by atoms with Gasteiger partial charge in [0.2, 0.25) is 0 Å². The summed E-state index contributed by atoms with van der Waals surface area (Å²) in [5.74, 6) is 1.11. The van der Waals surface area contributed by atoms with Crippen LogP contribution in [0.5, 0.6) is 5.75 Å². The summed E-state index contributed by atoms with van der Waals surface area (Å²) in [7, 11) is 1.69. The van der Waals surface area contributed by atoms with E-state index in [-0.39, 0.29) is 5.92 Å². The lowest BCUT2D eigenvalue weighted by Crippen LogP contribution is -1.97. The second-order valence-corrected chi connectivity index (χ2v) is 5.43. The van der Waals surface area contributed by atoms with E-state index < -0.39 is 0 Å². The second kappa shape index (κ2) is 7.46. The van der Waals surface area contributed by atoms with Crippen molar-refractivity contribution in [3.63, 3.8) is 0 Å². The Balaban J connectivity index is 1.95. The number of hydrogen-bond donors (Lipinski definition) is 0. The Hall–Kier alpha value is -2.80. The lowest BCUT2D eigenvalue weighted by Gasteiger charge is -2.14. The molecule has 0 N–H and O–H groups in total. The molecule has 0 spiro atoms. The third-order valence-electron chi connectivity index (χ3n) is 3.91. The molecule has 1 heteroatoms. The molecule has 1 unspecified atom stereocenters. The number of benzene rings is 3. The maximum absolute atomic E-state index is 5.27.